The lowest BCUT2D eigenvalue weighted by Gasteiger charge is -2.41. The lowest BCUT2D eigenvalue weighted by Crippen LogP contribution is -2.49. The summed E-state index contributed by atoms with van der Waals surface area (Å²) in [5.41, 5.74) is 2.52. The number of aryl methyl sites for hydroxylation is 1. The standard InChI is InChI=1S/C21H26N4O2/c26-13-17-5-3-9-25(17)20-12-19(22-15-23-20)24-10-11-27-21(14-24)8-7-16-4-1-2-6-18(16)21/h1-2,4,6,12,15,17,26H,3,5,7-11,13-14H2. The van der Waals surface area contributed by atoms with Crippen molar-refractivity contribution in [2.45, 2.75) is 37.3 Å². The summed E-state index contributed by atoms with van der Waals surface area (Å²) in [5, 5.41) is 9.64. The number of aromatic nitrogens is 2. The number of anilines is 2. The van der Waals surface area contributed by atoms with Gasteiger partial charge in [-0.25, -0.2) is 9.97 Å². The number of hydrogen-bond acceptors (Lipinski definition) is 6. The topological polar surface area (TPSA) is 61.7 Å². The van der Waals surface area contributed by atoms with E-state index in [0.717, 1.165) is 57.0 Å². The molecule has 2 aromatic rings. The van der Waals surface area contributed by atoms with Crippen molar-refractivity contribution in [3.8, 4) is 0 Å². The maximum atomic E-state index is 9.64. The highest BCUT2D eigenvalue weighted by molar-refractivity contribution is 5.52. The van der Waals surface area contributed by atoms with Crippen LogP contribution in [0, 0.1) is 0 Å². The van der Waals surface area contributed by atoms with Crippen LogP contribution in [-0.2, 0) is 16.8 Å². The second-order valence-corrected chi connectivity index (χ2v) is 7.83. The minimum absolute atomic E-state index is 0.172. The first-order chi connectivity index (χ1) is 13.3. The molecule has 3 aliphatic rings. The number of morpholine rings is 1. The van der Waals surface area contributed by atoms with Crippen LogP contribution in [-0.4, -0.2) is 54.0 Å². The summed E-state index contributed by atoms with van der Waals surface area (Å²) in [6.45, 7) is 3.49. The second-order valence-electron chi connectivity index (χ2n) is 7.83. The van der Waals surface area contributed by atoms with Crippen LogP contribution in [0.25, 0.3) is 0 Å². The fourth-order valence-electron chi connectivity index (χ4n) is 4.94. The van der Waals surface area contributed by atoms with E-state index in [1.54, 1.807) is 6.33 Å². The molecule has 3 heterocycles. The molecule has 1 aliphatic carbocycles. The smallest absolute Gasteiger partial charge is 0.134 e. The van der Waals surface area contributed by atoms with Gasteiger partial charge in [0.25, 0.3) is 0 Å². The molecule has 0 amide bonds. The van der Waals surface area contributed by atoms with E-state index in [0.29, 0.717) is 6.61 Å². The van der Waals surface area contributed by atoms with Crippen LogP contribution in [0.1, 0.15) is 30.4 Å². The van der Waals surface area contributed by atoms with E-state index in [4.69, 9.17) is 4.74 Å². The van der Waals surface area contributed by atoms with Gasteiger partial charge in [0, 0.05) is 19.2 Å². The molecule has 1 N–H and O–H groups in total. The Kier molecular flexibility index (Phi) is 4.25. The fraction of sp³-hybridized carbons (Fsp3) is 0.524. The van der Waals surface area contributed by atoms with Crippen LogP contribution in [0.3, 0.4) is 0 Å². The second kappa shape index (κ2) is 6.77. The molecule has 0 bridgehead atoms. The average Bonchev–Trinajstić information content (AvgIpc) is 3.34. The maximum Gasteiger partial charge on any atom is 0.134 e. The van der Waals surface area contributed by atoms with Crippen LogP contribution in [0.2, 0.25) is 0 Å². The lowest BCUT2D eigenvalue weighted by molar-refractivity contribution is -0.0594. The van der Waals surface area contributed by atoms with Gasteiger partial charge in [0.15, 0.2) is 0 Å². The van der Waals surface area contributed by atoms with E-state index in [9.17, 15) is 5.11 Å². The normalized spacial score (nSPS) is 27.4. The minimum atomic E-state index is -0.221. The molecule has 5 rings (SSSR count). The molecule has 0 radical (unpaired) electrons. The third-order valence-electron chi connectivity index (χ3n) is 6.34. The van der Waals surface area contributed by atoms with Gasteiger partial charge in [-0.05, 0) is 36.8 Å². The van der Waals surface area contributed by atoms with Gasteiger partial charge in [0.1, 0.15) is 23.6 Å². The molecule has 142 valence electrons. The molecule has 1 aromatic carbocycles. The maximum absolute atomic E-state index is 9.64. The lowest BCUT2D eigenvalue weighted by atomic mass is 9.93. The van der Waals surface area contributed by atoms with Crippen LogP contribution in [0.5, 0.6) is 0 Å². The summed E-state index contributed by atoms with van der Waals surface area (Å²) >= 11 is 0. The highest BCUT2D eigenvalue weighted by Gasteiger charge is 2.43. The van der Waals surface area contributed by atoms with Gasteiger partial charge in [-0.3, -0.25) is 0 Å². The van der Waals surface area contributed by atoms with Crippen molar-refractivity contribution < 1.29 is 9.84 Å². The predicted octanol–water partition coefficient (Wildman–Crippen LogP) is 2.12. The van der Waals surface area contributed by atoms with E-state index in [2.05, 4.69) is 50.1 Å². The zero-order valence-corrected chi connectivity index (χ0v) is 15.5. The van der Waals surface area contributed by atoms with Crippen molar-refractivity contribution in [3.05, 3.63) is 47.8 Å². The summed E-state index contributed by atoms with van der Waals surface area (Å²) in [7, 11) is 0. The van der Waals surface area contributed by atoms with Crippen molar-refractivity contribution in [2.24, 2.45) is 0 Å². The summed E-state index contributed by atoms with van der Waals surface area (Å²) < 4.78 is 6.34. The van der Waals surface area contributed by atoms with E-state index < -0.39 is 0 Å². The van der Waals surface area contributed by atoms with Crippen molar-refractivity contribution >= 4 is 11.6 Å². The molecule has 2 saturated heterocycles. The molecule has 1 aromatic heterocycles. The van der Waals surface area contributed by atoms with Gasteiger partial charge in [-0.1, -0.05) is 24.3 Å². The van der Waals surface area contributed by atoms with Crippen LogP contribution >= 0.6 is 0 Å². The molecule has 2 unspecified atom stereocenters. The number of benzene rings is 1. The zero-order valence-electron chi connectivity index (χ0n) is 15.5. The van der Waals surface area contributed by atoms with Crippen molar-refractivity contribution in [1.82, 2.24) is 9.97 Å². The quantitative estimate of drug-likeness (QED) is 0.898. The van der Waals surface area contributed by atoms with Gasteiger partial charge in [-0.15, -0.1) is 0 Å². The summed E-state index contributed by atoms with van der Waals surface area (Å²) in [6, 6.07) is 10.9. The first-order valence-electron chi connectivity index (χ1n) is 9.96. The van der Waals surface area contributed by atoms with Crippen LogP contribution in [0.15, 0.2) is 36.7 Å². The fourth-order valence-corrected chi connectivity index (χ4v) is 4.94. The zero-order chi connectivity index (χ0) is 18.3. The van der Waals surface area contributed by atoms with Crippen LogP contribution < -0.4 is 9.80 Å². The highest BCUT2D eigenvalue weighted by atomic mass is 16.5. The van der Waals surface area contributed by atoms with Gasteiger partial charge in [0.05, 0.1) is 25.8 Å². The SMILES string of the molecule is OCC1CCCN1c1cc(N2CCOC3(CCc4ccccc43)C2)ncn1. The number of rotatable bonds is 3. The molecule has 2 aliphatic heterocycles. The van der Waals surface area contributed by atoms with E-state index in [-0.39, 0.29) is 18.2 Å². The average molecular weight is 366 g/mol. The van der Waals surface area contributed by atoms with Gasteiger partial charge < -0.3 is 19.6 Å². The third kappa shape index (κ3) is 2.87. The largest absolute Gasteiger partial charge is 0.394 e. The monoisotopic (exact) mass is 366 g/mol. The summed E-state index contributed by atoms with van der Waals surface area (Å²) in [6.07, 6.45) is 5.88. The summed E-state index contributed by atoms with van der Waals surface area (Å²) in [4.78, 5) is 13.6. The molecule has 0 saturated carbocycles. The molecule has 1 spiro atoms. The van der Waals surface area contributed by atoms with Crippen molar-refractivity contribution in [2.75, 3.05) is 42.6 Å². The number of aliphatic hydroxyl groups is 1. The Balaban J connectivity index is 1.42. The first kappa shape index (κ1) is 17.0. The molecule has 2 atom stereocenters. The third-order valence-corrected chi connectivity index (χ3v) is 6.34. The number of fused-ring (bicyclic) bond motifs is 2. The number of nitrogens with zero attached hydrogens (tertiary/aromatic N) is 4. The van der Waals surface area contributed by atoms with E-state index >= 15 is 0 Å². The Hall–Kier alpha value is -2.18. The van der Waals surface area contributed by atoms with Crippen molar-refractivity contribution in [1.29, 1.82) is 0 Å². The Morgan fingerprint density at radius 2 is 2.07 bits per heavy atom. The predicted molar refractivity (Wildman–Crippen MR) is 104 cm³/mol. The number of hydrogen-bond donors (Lipinski definition) is 1. The molecular weight excluding hydrogens is 340 g/mol. The Morgan fingerprint density at radius 3 is 3.00 bits per heavy atom. The highest BCUT2D eigenvalue weighted by Crippen LogP contribution is 2.42. The first-order valence-corrected chi connectivity index (χ1v) is 9.96. The number of ether oxygens (including phenoxy) is 1. The van der Waals surface area contributed by atoms with E-state index in [1.165, 1.54) is 11.1 Å². The number of aliphatic hydroxyl groups excluding tert-OH is 1. The summed E-state index contributed by atoms with van der Waals surface area (Å²) in [5.74, 6) is 1.87. The van der Waals surface area contributed by atoms with Crippen LogP contribution in [0.4, 0.5) is 11.6 Å². The minimum Gasteiger partial charge on any atom is -0.394 e. The molecule has 6 nitrogen and oxygen atoms in total. The van der Waals surface area contributed by atoms with E-state index in [1.807, 2.05) is 0 Å². The van der Waals surface area contributed by atoms with Gasteiger partial charge in [-0.2, -0.15) is 0 Å². The van der Waals surface area contributed by atoms with Gasteiger partial charge in [0.2, 0.25) is 0 Å². The molecule has 6 heteroatoms. The molecule has 2 fully saturated rings. The molecule has 27 heavy (non-hydrogen) atoms. The van der Waals surface area contributed by atoms with Crippen molar-refractivity contribution in [3.63, 3.8) is 0 Å². The Bertz CT molecular complexity index is 825. The molecular formula is C21H26N4O2. The van der Waals surface area contributed by atoms with Gasteiger partial charge >= 0.3 is 0 Å². The Morgan fingerprint density at radius 1 is 1.19 bits per heavy atom. The Labute approximate surface area is 159 Å².